The van der Waals surface area contributed by atoms with Crippen molar-refractivity contribution < 1.29 is 0 Å². The Balaban J connectivity index is 3.22. The average Bonchev–Trinajstić information content (AvgIpc) is 1.65. The van der Waals surface area contributed by atoms with E-state index in [0.29, 0.717) is 0 Å². The topological polar surface area (TPSA) is 0 Å². The van der Waals surface area contributed by atoms with Crippen LogP contribution in [-0.4, -0.2) is 0 Å². The van der Waals surface area contributed by atoms with Crippen LogP contribution in [0.1, 0.15) is 20.3 Å². The van der Waals surface area contributed by atoms with Crippen molar-refractivity contribution in [1.82, 2.24) is 0 Å². The Bertz CT molecular complexity index is 55.0. The van der Waals surface area contributed by atoms with Crippen molar-refractivity contribution in [3.63, 3.8) is 0 Å². The molecule has 0 aromatic carbocycles. The molecule has 0 atom stereocenters. The molecule has 0 bridgehead atoms. The van der Waals surface area contributed by atoms with Crippen LogP contribution in [0.3, 0.4) is 0 Å². The van der Waals surface area contributed by atoms with Gasteiger partial charge in [-0.2, -0.15) is 0 Å². The molecule has 0 amide bonds. The molecule has 1 heteroatoms. The first-order chi connectivity index (χ1) is 2.81. The maximum absolute atomic E-state index is 3.34. The molecule has 0 saturated carbocycles. The predicted molar refractivity (Wildman–Crippen MR) is 33.0 cm³/mol. The fraction of sp³-hybridized carbons (Fsp3) is 0.600. The molecule has 0 aromatic rings. The minimum atomic E-state index is 1.11. The Labute approximate surface area is 47.4 Å². The van der Waals surface area contributed by atoms with E-state index in [0.717, 1.165) is 6.42 Å². The molecule has 0 spiro atoms. The van der Waals surface area contributed by atoms with Crippen LogP contribution < -0.4 is 0 Å². The number of allylic oxidation sites excluding steroid dienone is 2. The van der Waals surface area contributed by atoms with Crippen molar-refractivity contribution in [2.75, 3.05) is 0 Å². The van der Waals surface area contributed by atoms with Gasteiger partial charge in [0.25, 0.3) is 0 Å². The third kappa shape index (κ3) is 2.46. The van der Waals surface area contributed by atoms with Crippen molar-refractivity contribution >= 4 is 15.9 Å². The fourth-order valence-electron chi connectivity index (χ4n) is 0.204. The fourth-order valence-corrected chi connectivity index (χ4v) is 0.204. The predicted octanol–water partition coefficient (Wildman–Crippen LogP) is 2.70. The first-order valence-electron chi connectivity index (χ1n) is 2.12. The second kappa shape index (κ2) is 3.41. The van der Waals surface area contributed by atoms with E-state index in [-0.39, 0.29) is 0 Å². The van der Waals surface area contributed by atoms with Crippen molar-refractivity contribution in [2.45, 2.75) is 20.3 Å². The molecule has 0 aliphatic rings. The molecular formula is C5H9Br. The van der Waals surface area contributed by atoms with Crippen LogP contribution in [0.25, 0.3) is 0 Å². The lowest BCUT2D eigenvalue weighted by Gasteiger charge is -1.82. The summed E-state index contributed by atoms with van der Waals surface area (Å²) in [4.78, 5) is 0. The molecule has 36 valence electrons. The summed E-state index contributed by atoms with van der Waals surface area (Å²) in [6, 6.07) is 0. The normalized spacial score (nSPS) is 12.2. The Morgan fingerprint density at radius 2 is 2.33 bits per heavy atom. The van der Waals surface area contributed by atoms with Crippen molar-refractivity contribution in [3.05, 3.63) is 10.6 Å². The summed E-state index contributed by atoms with van der Waals surface area (Å²) in [5.41, 5.74) is 0. The van der Waals surface area contributed by atoms with Gasteiger partial charge in [0.2, 0.25) is 0 Å². The lowest BCUT2D eigenvalue weighted by Crippen LogP contribution is -1.57. The average molecular weight is 149 g/mol. The van der Waals surface area contributed by atoms with Gasteiger partial charge in [-0.15, -0.1) is 0 Å². The summed E-state index contributed by atoms with van der Waals surface area (Å²) in [5, 5.41) is 0. The maximum atomic E-state index is 3.34. The third-order valence-electron chi connectivity index (χ3n) is 0.651. The van der Waals surface area contributed by atoms with Gasteiger partial charge in [-0.1, -0.05) is 28.9 Å². The zero-order chi connectivity index (χ0) is 4.99. The van der Waals surface area contributed by atoms with Gasteiger partial charge in [0, 0.05) is 0 Å². The van der Waals surface area contributed by atoms with Gasteiger partial charge < -0.3 is 0 Å². The minimum Gasteiger partial charge on any atom is -0.0775 e. The molecule has 0 saturated heterocycles. The number of rotatable bonds is 1. The lowest BCUT2D eigenvalue weighted by molar-refractivity contribution is 1.20. The number of hydrogen-bond donors (Lipinski definition) is 0. The van der Waals surface area contributed by atoms with Gasteiger partial charge in [0.05, 0.1) is 0 Å². The quantitative estimate of drug-likeness (QED) is 0.537. The summed E-state index contributed by atoms with van der Waals surface area (Å²) in [6.45, 7) is 4.14. The molecule has 0 N–H and O–H groups in total. The first kappa shape index (κ1) is 6.22. The Hall–Kier alpha value is 0.220. The van der Waals surface area contributed by atoms with Crippen LogP contribution in [0.15, 0.2) is 10.6 Å². The largest absolute Gasteiger partial charge is 0.0775 e. The second-order valence-corrected chi connectivity index (χ2v) is 2.11. The van der Waals surface area contributed by atoms with E-state index in [2.05, 4.69) is 28.9 Å². The SMILES string of the molecule is C/C=C(\Br)CC. The highest BCUT2D eigenvalue weighted by Gasteiger charge is 1.75. The Morgan fingerprint density at radius 3 is 2.33 bits per heavy atom. The monoisotopic (exact) mass is 148 g/mol. The van der Waals surface area contributed by atoms with Crippen molar-refractivity contribution in [2.24, 2.45) is 0 Å². The molecule has 0 unspecified atom stereocenters. The zero-order valence-electron chi connectivity index (χ0n) is 4.16. The lowest BCUT2D eigenvalue weighted by atomic mass is 10.4. The number of hydrogen-bond acceptors (Lipinski definition) is 0. The van der Waals surface area contributed by atoms with Crippen LogP contribution in [0.5, 0.6) is 0 Å². The zero-order valence-corrected chi connectivity index (χ0v) is 5.75. The third-order valence-corrected chi connectivity index (χ3v) is 1.67. The smallest absolute Gasteiger partial charge is 0.00947 e. The highest BCUT2D eigenvalue weighted by atomic mass is 79.9. The van der Waals surface area contributed by atoms with Crippen LogP contribution in [0.4, 0.5) is 0 Å². The van der Waals surface area contributed by atoms with Crippen molar-refractivity contribution in [3.8, 4) is 0 Å². The molecule has 0 aliphatic heterocycles. The van der Waals surface area contributed by atoms with Crippen molar-refractivity contribution in [1.29, 1.82) is 0 Å². The Morgan fingerprint density at radius 1 is 1.83 bits per heavy atom. The molecule has 0 radical (unpaired) electrons. The van der Waals surface area contributed by atoms with E-state index in [1.165, 1.54) is 4.48 Å². The summed E-state index contributed by atoms with van der Waals surface area (Å²) < 4.78 is 1.28. The minimum absolute atomic E-state index is 1.11. The maximum Gasteiger partial charge on any atom is -0.00947 e. The first-order valence-corrected chi connectivity index (χ1v) is 2.91. The molecule has 0 aromatic heterocycles. The summed E-state index contributed by atoms with van der Waals surface area (Å²) in [6.07, 6.45) is 3.16. The van der Waals surface area contributed by atoms with Gasteiger partial charge in [-0.25, -0.2) is 0 Å². The van der Waals surface area contributed by atoms with Gasteiger partial charge in [-0.3, -0.25) is 0 Å². The highest BCUT2D eigenvalue weighted by Crippen LogP contribution is 2.06. The van der Waals surface area contributed by atoms with Gasteiger partial charge in [-0.05, 0) is 17.8 Å². The molecule has 0 heterocycles. The second-order valence-electron chi connectivity index (χ2n) is 1.09. The molecule has 0 fully saturated rings. The molecule has 0 aliphatic carbocycles. The molecule has 6 heavy (non-hydrogen) atoms. The van der Waals surface area contributed by atoms with Gasteiger partial charge in [0.1, 0.15) is 0 Å². The van der Waals surface area contributed by atoms with E-state index in [4.69, 9.17) is 0 Å². The highest BCUT2D eigenvalue weighted by molar-refractivity contribution is 9.11. The molecular weight excluding hydrogens is 140 g/mol. The van der Waals surface area contributed by atoms with Gasteiger partial charge >= 0.3 is 0 Å². The Kier molecular flexibility index (Phi) is 3.54. The van der Waals surface area contributed by atoms with E-state index in [9.17, 15) is 0 Å². The van der Waals surface area contributed by atoms with Crippen LogP contribution in [0.2, 0.25) is 0 Å². The van der Waals surface area contributed by atoms with E-state index in [1.54, 1.807) is 0 Å². The molecule has 0 rings (SSSR count). The van der Waals surface area contributed by atoms with E-state index in [1.807, 2.05) is 6.92 Å². The van der Waals surface area contributed by atoms with E-state index >= 15 is 0 Å². The summed E-state index contributed by atoms with van der Waals surface area (Å²) >= 11 is 3.34. The summed E-state index contributed by atoms with van der Waals surface area (Å²) in [5.74, 6) is 0. The van der Waals surface area contributed by atoms with Crippen LogP contribution >= 0.6 is 15.9 Å². The standard InChI is InChI=1S/C5H9Br/c1-3-5(6)4-2/h3H,4H2,1-2H3/b5-3-. The van der Waals surface area contributed by atoms with Crippen LogP contribution in [-0.2, 0) is 0 Å². The van der Waals surface area contributed by atoms with Gasteiger partial charge in [0.15, 0.2) is 0 Å². The van der Waals surface area contributed by atoms with E-state index < -0.39 is 0 Å². The molecule has 0 nitrogen and oxygen atoms in total. The van der Waals surface area contributed by atoms with Crippen LogP contribution in [0, 0.1) is 0 Å². The number of halogens is 1. The summed E-state index contributed by atoms with van der Waals surface area (Å²) in [7, 11) is 0.